The molecule has 1 rings (SSSR count). The molecule has 1 aliphatic heterocycles. The van der Waals surface area contributed by atoms with Crippen molar-refractivity contribution in [3.05, 3.63) is 0 Å². The lowest BCUT2D eigenvalue weighted by Crippen LogP contribution is -2.74. The van der Waals surface area contributed by atoms with Gasteiger partial charge in [-0.25, -0.2) is 0 Å². The van der Waals surface area contributed by atoms with Crippen LogP contribution in [0.15, 0.2) is 0 Å². The average Bonchev–Trinajstić information content (AvgIpc) is 2.78. The van der Waals surface area contributed by atoms with Crippen LogP contribution < -0.4 is 0 Å². The summed E-state index contributed by atoms with van der Waals surface area (Å²) in [6, 6.07) is 0. The maximum Gasteiger partial charge on any atom is 0.460 e. The average molecular weight is 640 g/mol. The van der Waals surface area contributed by atoms with Crippen molar-refractivity contribution in [1.29, 1.82) is 0 Å². The molecule has 1 aliphatic rings. The Labute approximate surface area is 210 Å². The molecule has 0 aliphatic carbocycles. The van der Waals surface area contributed by atoms with Crippen molar-refractivity contribution in [1.82, 2.24) is 0 Å². The molecule has 0 radical (unpaired) electrons. The van der Waals surface area contributed by atoms with Crippen LogP contribution in [-0.2, 0) is 9.47 Å². The van der Waals surface area contributed by atoms with Gasteiger partial charge in [0.05, 0.1) is 6.61 Å². The summed E-state index contributed by atoms with van der Waals surface area (Å²) >= 11 is 0. The summed E-state index contributed by atoms with van der Waals surface area (Å²) in [6.45, 7) is -2.27. The highest BCUT2D eigenvalue weighted by Crippen LogP contribution is 2.64. The van der Waals surface area contributed by atoms with Gasteiger partial charge in [0, 0.05) is 13.0 Å². The van der Waals surface area contributed by atoms with Gasteiger partial charge in [0.2, 0.25) is 0 Å². The van der Waals surface area contributed by atoms with Gasteiger partial charge in [-0.3, -0.25) is 0 Å². The largest absolute Gasteiger partial charge is 0.460 e. The molecule has 0 amide bonds. The molecule has 0 unspecified atom stereocenters. The van der Waals surface area contributed by atoms with Crippen LogP contribution in [0.25, 0.3) is 0 Å². The molecule has 5 atom stereocenters. The third-order valence-electron chi connectivity index (χ3n) is 5.54. The van der Waals surface area contributed by atoms with E-state index in [1.54, 1.807) is 0 Å². The first-order valence-electron chi connectivity index (χ1n) is 10.1. The number of ether oxygens (including phenoxy) is 2. The standard InChI is InChI=1S/C17H17F17O6/c18-10(19,2-1-3-39-4-5-6(35)7(36)8(37)9(38)40-5)11(20,21)12(22,23)13(24,25)14(26,27)15(28,29)16(30,31)17(32,33)34/h5-9,35-38H,1-4H2/t5-,6-,7-,8-,9+/m0/s1. The van der Waals surface area contributed by atoms with Crippen molar-refractivity contribution >= 4 is 0 Å². The number of aliphatic hydroxyl groups is 4. The molecule has 1 heterocycles. The Hall–Kier alpha value is -1.43. The van der Waals surface area contributed by atoms with Crippen molar-refractivity contribution in [2.45, 2.75) is 91.2 Å². The van der Waals surface area contributed by atoms with Gasteiger partial charge in [-0.15, -0.1) is 0 Å². The maximum absolute atomic E-state index is 13.8. The zero-order chi connectivity index (χ0) is 32.1. The minimum atomic E-state index is -8.70. The summed E-state index contributed by atoms with van der Waals surface area (Å²) in [5.74, 6) is -56.9. The molecule has 1 fully saturated rings. The van der Waals surface area contributed by atoms with Crippen molar-refractivity contribution in [2.24, 2.45) is 0 Å². The van der Waals surface area contributed by atoms with Crippen LogP contribution in [0.5, 0.6) is 0 Å². The highest BCUT2D eigenvalue weighted by atomic mass is 19.4. The summed E-state index contributed by atoms with van der Waals surface area (Å²) in [7, 11) is 0. The number of hydrogen-bond acceptors (Lipinski definition) is 6. The van der Waals surface area contributed by atoms with E-state index in [-0.39, 0.29) is 0 Å². The topological polar surface area (TPSA) is 99.4 Å². The van der Waals surface area contributed by atoms with Crippen LogP contribution in [-0.4, -0.2) is 112 Å². The molecule has 240 valence electrons. The number of alkyl halides is 17. The minimum absolute atomic E-state index is 1.01. The van der Waals surface area contributed by atoms with Gasteiger partial charge in [0.15, 0.2) is 6.29 Å². The number of aliphatic hydroxyl groups excluding tert-OH is 4. The first kappa shape index (κ1) is 36.6. The second-order valence-electron chi connectivity index (χ2n) is 8.36. The normalized spacial score (nSPS) is 26.8. The summed E-state index contributed by atoms with van der Waals surface area (Å²) in [5.41, 5.74) is 0. The van der Waals surface area contributed by atoms with Crippen LogP contribution in [0.2, 0.25) is 0 Å². The lowest BCUT2D eigenvalue weighted by molar-refractivity contribution is -0.461. The second-order valence-corrected chi connectivity index (χ2v) is 8.36. The summed E-state index contributed by atoms with van der Waals surface area (Å²) < 4.78 is 233. The number of rotatable bonds is 12. The Kier molecular flexibility index (Phi) is 10.1. The molecule has 0 aromatic heterocycles. The quantitative estimate of drug-likeness (QED) is 0.193. The Morgan fingerprint density at radius 2 is 0.925 bits per heavy atom. The van der Waals surface area contributed by atoms with Crippen LogP contribution in [0.3, 0.4) is 0 Å². The van der Waals surface area contributed by atoms with Gasteiger partial charge < -0.3 is 29.9 Å². The molecule has 0 aromatic carbocycles. The Balaban J connectivity index is 3.06. The summed E-state index contributed by atoms with van der Waals surface area (Å²) in [5, 5.41) is 37.5. The first-order chi connectivity index (χ1) is 17.5. The molecule has 40 heavy (non-hydrogen) atoms. The smallest absolute Gasteiger partial charge is 0.387 e. The third kappa shape index (κ3) is 5.64. The summed E-state index contributed by atoms with van der Waals surface area (Å²) in [6.07, 6.45) is -22.1. The Morgan fingerprint density at radius 3 is 1.35 bits per heavy atom. The van der Waals surface area contributed by atoms with E-state index in [9.17, 15) is 95.1 Å². The second kappa shape index (κ2) is 11.0. The molecule has 0 bridgehead atoms. The van der Waals surface area contributed by atoms with Gasteiger partial charge in [0.1, 0.15) is 24.4 Å². The van der Waals surface area contributed by atoms with E-state index in [4.69, 9.17) is 0 Å². The molecule has 6 nitrogen and oxygen atoms in total. The summed E-state index contributed by atoms with van der Waals surface area (Å²) in [4.78, 5) is 0. The highest BCUT2D eigenvalue weighted by molar-refractivity contribution is 5.15. The molecule has 0 saturated carbocycles. The SMILES string of the molecule is O[C@H]1[C@@H](O)[C@H](COCCCC(F)(F)C(F)(F)C(F)(F)C(F)(F)C(F)(F)C(F)(F)C(F)(F)C(F)(F)F)O[C@@H](O)[C@H]1O. The van der Waals surface area contributed by atoms with E-state index in [0.717, 1.165) is 0 Å². The zero-order valence-corrected chi connectivity index (χ0v) is 18.7. The fraction of sp³-hybridized carbons (Fsp3) is 1.00. The van der Waals surface area contributed by atoms with Crippen molar-refractivity contribution in [3.8, 4) is 0 Å². The van der Waals surface area contributed by atoms with E-state index in [1.807, 2.05) is 0 Å². The molecular weight excluding hydrogens is 623 g/mol. The van der Waals surface area contributed by atoms with Crippen molar-refractivity contribution in [2.75, 3.05) is 13.2 Å². The highest BCUT2D eigenvalue weighted by Gasteiger charge is 2.95. The first-order valence-corrected chi connectivity index (χ1v) is 10.1. The fourth-order valence-corrected chi connectivity index (χ4v) is 3.02. The van der Waals surface area contributed by atoms with Gasteiger partial charge >= 0.3 is 47.6 Å². The van der Waals surface area contributed by atoms with Crippen molar-refractivity contribution < 1.29 is 105 Å². The van der Waals surface area contributed by atoms with Gasteiger partial charge in [-0.2, -0.15) is 74.6 Å². The minimum Gasteiger partial charge on any atom is -0.387 e. The lowest BCUT2D eigenvalue weighted by Gasteiger charge is -2.42. The molecule has 0 spiro atoms. The molecular formula is C17H17F17O6. The third-order valence-corrected chi connectivity index (χ3v) is 5.54. The predicted molar refractivity (Wildman–Crippen MR) is 89.6 cm³/mol. The fourth-order valence-electron chi connectivity index (χ4n) is 3.02. The molecule has 23 heteroatoms. The van der Waals surface area contributed by atoms with E-state index in [0.29, 0.717) is 0 Å². The van der Waals surface area contributed by atoms with Crippen LogP contribution in [0.4, 0.5) is 74.6 Å². The van der Waals surface area contributed by atoms with E-state index >= 15 is 0 Å². The van der Waals surface area contributed by atoms with Gasteiger partial charge in [0.25, 0.3) is 0 Å². The van der Waals surface area contributed by atoms with Crippen LogP contribution in [0, 0.1) is 0 Å². The van der Waals surface area contributed by atoms with E-state index in [1.165, 1.54) is 0 Å². The maximum atomic E-state index is 13.8. The van der Waals surface area contributed by atoms with Crippen LogP contribution >= 0.6 is 0 Å². The van der Waals surface area contributed by atoms with E-state index in [2.05, 4.69) is 9.47 Å². The monoisotopic (exact) mass is 640 g/mol. The number of halogens is 17. The number of hydrogen-bond donors (Lipinski definition) is 4. The van der Waals surface area contributed by atoms with Gasteiger partial charge in [-0.05, 0) is 6.42 Å². The van der Waals surface area contributed by atoms with E-state index < -0.39 is 104 Å². The molecule has 0 aromatic rings. The Bertz CT molecular complexity index is 864. The van der Waals surface area contributed by atoms with Gasteiger partial charge in [-0.1, -0.05) is 0 Å². The lowest BCUT2D eigenvalue weighted by atomic mass is 9.88. The predicted octanol–water partition coefficient (Wildman–Crippen LogP) is 3.59. The zero-order valence-electron chi connectivity index (χ0n) is 18.7. The molecule has 4 N–H and O–H groups in total. The van der Waals surface area contributed by atoms with Crippen molar-refractivity contribution in [3.63, 3.8) is 0 Å². The molecule has 1 saturated heterocycles. The van der Waals surface area contributed by atoms with Crippen LogP contribution in [0.1, 0.15) is 12.8 Å². The Morgan fingerprint density at radius 1 is 0.525 bits per heavy atom.